The molecule has 0 heterocycles. The molecule has 1 aliphatic rings. The zero-order valence-corrected chi connectivity index (χ0v) is 14.7. The Labute approximate surface area is 134 Å². The zero-order valence-electron chi connectivity index (χ0n) is 12.3. The number of amides is 1. The number of hydrogen-bond acceptors (Lipinski definition) is 3. The van der Waals surface area contributed by atoms with Crippen LogP contribution in [0.5, 0.6) is 0 Å². The Balaban J connectivity index is 2.15. The quantitative estimate of drug-likeness (QED) is 0.765. The molecule has 1 fully saturated rings. The van der Waals surface area contributed by atoms with E-state index in [0.717, 1.165) is 25.5 Å². The lowest BCUT2D eigenvalue weighted by Crippen LogP contribution is -2.44. The summed E-state index contributed by atoms with van der Waals surface area (Å²) >= 11 is 3.66. The molecule has 0 aliphatic heterocycles. The Bertz CT molecular complexity index is 612. The highest BCUT2D eigenvalue weighted by molar-refractivity contribution is 9.09. The van der Waals surface area contributed by atoms with Crippen molar-refractivity contribution in [3.05, 3.63) is 29.8 Å². The molecular formula is C15H20BrNO3S. The molecule has 21 heavy (non-hydrogen) atoms. The average molecular weight is 374 g/mol. The van der Waals surface area contributed by atoms with Crippen LogP contribution in [0.4, 0.5) is 0 Å². The standard InChI is InChI=1S/C15H20BrNO3S/c1-17(14-6-4-3-5-13(14)16)15(18)11-7-9-12(10-8-11)21(2,19)20/h7-10,13-14H,3-6H2,1-2H3. The van der Waals surface area contributed by atoms with Gasteiger partial charge in [-0.1, -0.05) is 28.8 Å². The molecule has 1 aromatic rings. The van der Waals surface area contributed by atoms with Crippen molar-refractivity contribution in [1.29, 1.82) is 0 Å². The van der Waals surface area contributed by atoms with Crippen molar-refractivity contribution in [2.24, 2.45) is 0 Å². The minimum Gasteiger partial charge on any atom is -0.338 e. The molecule has 4 nitrogen and oxygen atoms in total. The number of nitrogens with zero attached hydrogens (tertiary/aromatic N) is 1. The smallest absolute Gasteiger partial charge is 0.253 e. The van der Waals surface area contributed by atoms with Crippen LogP contribution in [-0.2, 0) is 9.84 Å². The number of benzene rings is 1. The molecule has 2 atom stereocenters. The molecule has 116 valence electrons. The van der Waals surface area contributed by atoms with E-state index in [0.29, 0.717) is 10.4 Å². The maximum Gasteiger partial charge on any atom is 0.253 e. The molecule has 2 rings (SSSR count). The van der Waals surface area contributed by atoms with Crippen LogP contribution in [0.15, 0.2) is 29.2 Å². The molecule has 1 saturated carbocycles. The van der Waals surface area contributed by atoms with Crippen molar-refractivity contribution in [3.63, 3.8) is 0 Å². The fraction of sp³-hybridized carbons (Fsp3) is 0.533. The first kappa shape index (κ1) is 16.5. The number of carbonyl (C=O) groups excluding carboxylic acids is 1. The Morgan fingerprint density at radius 2 is 1.76 bits per heavy atom. The molecule has 6 heteroatoms. The lowest BCUT2D eigenvalue weighted by atomic mass is 9.94. The number of alkyl halides is 1. The summed E-state index contributed by atoms with van der Waals surface area (Å²) in [6.45, 7) is 0. The third-order valence-electron chi connectivity index (χ3n) is 3.99. The van der Waals surface area contributed by atoms with E-state index >= 15 is 0 Å². The van der Waals surface area contributed by atoms with Crippen LogP contribution in [0, 0.1) is 0 Å². The van der Waals surface area contributed by atoms with Crippen LogP contribution in [-0.4, -0.2) is 43.4 Å². The monoisotopic (exact) mass is 373 g/mol. The van der Waals surface area contributed by atoms with Crippen molar-refractivity contribution in [2.75, 3.05) is 13.3 Å². The summed E-state index contributed by atoms with van der Waals surface area (Å²) in [5.41, 5.74) is 0.523. The second kappa shape index (κ2) is 6.48. The first-order chi connectivity index (χ1) is 9.80. The van der Waals surface area contributed by atoms with E-state index in [4.69, 9.17) is 0 Å². The number of hydrogen-bond donors (Lipinski definition) is 0. The highest BCUT2D eigenvalue weighted by Gasteiger charge is 2.29. The topological polar surface area (TPSA) is 54.5 Å². The minimum atomic E-state index is -3.23. The van der Waals surface area contributed by atoms with E-state index < -0.39 is 9.84 Å². The van der Waals surface area contributed by atoms with Gasteiger partial charge in [0.15, 0.2) is 9.84 Å². The van der Waals surface area contributed by atoms with Gasteiger partial charge in [0.2, 0.25) is 0 Å². The van der Waals surface area contributed by atoms with Gasteiger partial charge >= 0.3 is 0 Å². The number of sulfone groups is 1. The molecule has 0 saturated heterocycles. The summed E-state index contributed by atoms with van der Waals surface area (Å²) in [6, 6.07) is 6.34. The fourth-order valence-electron chi connectivity index (χ4n) is 2.70. The third kappa shape index (κ3) is 3.86. The first-order valence-electron chi connectivity index (χ1n) is 7.02. The van der Waals surface area contributed by atoms with Gasteiger partial charge in [-0.3, -0.25) is 4.79 Å². The molecular weight excluding hydrogens is 354 g/mol. The van der Waals surface area contributed by atoms with Crippen molar-refractivity contribution < 1.29 is 13.2 Å². The predicted octanol–water partition coefficient (Wildman–Crippen LogP) is 2.87. The normalized spacial score (nSPS) is 22.8. The summed E-state index contributed by atoms with van der Waals surface area (Å²) in [6.07, 6.45) is 5.57. The summed E-state index contributed by atoms with van der Waals surface area (Å²) in [5, 5.41) is 0. The van der Waals surface area contributed by atoms with Crippen molar-refractivity contribution in [1.82, 2.24) is 4.90 Å². The third-order valence-corrected chi connectivity index (χ3v) is 6.19. The second-order valence-corrected chi connectivity index (χ2v) is 8.77. The molecule has 1 aliphatic carbocycles. The molecule has 1 aromatic carbocycles. The van der Waals surface area contributed by atoms with E-state index in [-0.39, 0.29) is 16.8 Å². The summed E-state index contributed by atoms with van der Waals surface area (Å²) in [4.78, 5) is 14.8. The number of carbonyl (C=O) groups is 1. The average Bonchev–Trinajstić information content (AvgIpc) is 2.45. The van der Waals surface area contributed by atoms with Crippen LogP contribution in [0.2, 0.25) is 0 Å². The molecule has 0 bridgehead atoms. The highest BCUT2D eigenvalue weighted by Crippen LogP contribution is 2.28. The van der Waals surface area contributed by atoms with Gasteiger partial charge in [-0.15, -0.1) is 0 Å². The van der Waals surface area contributed by atoms with Gasteiger partial charge in [0, 0.05) is 29.7 Å². The van der Waals surface area contributed by atoms with E-state index in [1.807, 2.05) is 7.05 Å². The van der Waals surface area contributed by atoms with Gasteiger partial charge in [-0.05, 0) is 37.1 Å². The minimum absolute atomic E-state index is 0.0635. The second-order valence-electron chi connectivity index (χ2n) is 5.58. The maximum absolute atomic E-state index is 12.5. The molecule has 1 amide bonds. The SMILES string of the molecule is CN(C(=O)c1ccc(S(C)(=O)=O)cc1)C1CCCCC1Br. The Morgan fingerprint density at radius 1 is 1.19 bits per heavy atom. The van der Waals surface area contributed by atoms with Gasteiger partial charge in [0.1, 0.15) is 0 Å². The molecule has 0 spiro atoms. The molecule has 0 aromatic heterocycles. The summed E-state index contributed by atoms with van der Waals surface area (Å²) in [5.74, 6) is -0.0635. The van der Waals surface area contributed by atoms with E-state index in [1.165, 1.54) is 18.6 Å². The van der Waals surface area contributed by atoms with Crippen LogP contribution in [0.3, 0.4) is 0 Å². The van der Waals surface area contributed by atoms with Gasteiger partial charge in [0.25, 0.3) is 5.91 Å². The Hall–Kier alpha value is -0.880. The van der Waals surface area contributed by atoms with Gasteiger partial charge in [-0.2, -0.15) is 0 Å². The molecule has 0 radical (unpaired) electrons. The van der Waals surface area contributed by atoms with Crippen LogP contribution >= 0.6 is 15.9 Å². The van der Waals surface area contributed by atoms with Crippen LogP contribution in [0.25, 0.3) is 0 Å². The Morgan fingerprint density at radius 3 is 2.29 bits per heavy atom. The number of halogens is 1. The van der Waals surface area contributed by atoms with E-state index in [2.05, 4.69) is 15.9 Å². The molecule has 0 N–H and O–H groups in total. The van der Waals surface area contributed by atoms with Gasteiger partial charge < -0.3 is 4.90 Å². The maximum atomic E-state index is 12.5. The lowest BCUT2D eigenvalue weighted by molar-refractivity contribution is 0.0704. The number of rotatable bonds is 3. The first-order valence-corrected chi connectivity index (χ1v) is 9.83. The fourth-order valence-corrected chi connectivity index (χ4v) is 4.27. The highest BCUT2D eigenvalue weighted by atomic mass is 79.9. The van der Waals surface area contributed by atoms with Crippen LogP contribution < -0.4 is 0 Å². The van der Waals surface area contributed by atoms with Crippen molar-refractivity contribution in [2.45, 2.75) is 41.4 Å². The van der Waals surface area contributed by atoms with Crippen molar-refractivity contribution in [3.8, 4) is 0 Å². The summed E-state index contributed by atoms with van der Waals surface area (Å²) < 4.78 is 22.9. The van der Waals surface area contributed by atoms with Gasteiger partial charge in [0.05, 0.1) is 4.90 Å². The van der Waals surface area contributed by atoms with Crippen LogP contribution in [0.1, 0.15) is 36.0 Å². The summed E-state index contributed by atoms with van der Waals surface area (Å²) in [7, 11) is -1.41. The largest absolute Gasteiger partial charge is 0.338 e. The van der Waals surface area contributed by atoms with Crippen molar-refractivity contribution >= 4 is 31.7 Å². The lowest BCUT2D eigenvalue weighted by Gasteiger charge is -2.35. The molecule has 2 unspecified atom stereocenters. The van der Waals surface area contributed by atoms with E-state index in [1.54, 1.807) is 17.0 Å². The Kier molecular flexibility index (Phi) is 5.09. The van der Waals surface area contributed by atoms with E-state index in [9.17, 15) is 13.2 Å². The van der Waals surface area contributed by atoms with Gasteiger partial charge in [-0.25, -0.2) is 8.42 Å². The zero-order chi connectivity index (χ0) is 15.6. The predicted molar refractivity (Wildman–Crippen MR) is 86.6 cm³/mol.